The van der Waals surface area contributed by atoms with Crippen molar-refractivity contribution in [3.8, 4) is 0 Å². The normalized spacial score (nSPS) is 20.1. The molecule has 1 fully saturated rings. The minimum atomic E-state index is -0.787. The molecular formula is C28H21Cl2FN2O2. The van der Waals surface area contributed by atoms with Crippen molar-refractivity contribution in [1.29, 1.82) is 0 Å². The van der Waals surface area contributed by atoms with Gasteiger partial charge < -0.3 is 4.74 Å². The van der Waals surface area contributed by atoms with Gasteiger partial charge in [0.1, 0.15) is 18.0 Å². The largest absolute Gasteiger partial charge is 0.358 e. The molecule has 1 amide bonds. The van der Waals surface area contributed by atoms with E-state index in [1.165, 1.54) is 12.1 Å². The van der Waals surface area contributed by atoms with E-state index in [4.69, 9.17) is 27.9 Å². The lowest BCUT2D eigenvalue weighted by Crippen LogP contribution is -2.51. The van der Waals surface area contributed by atoms with E-state index in [1.807, 2.05) is 30.3 Å². The standard InChI is InChI=1S/C28H21Cl2FN2O2/c29-21-9-5-19(6-10-21)26-27(20-7-11-22(30)12-8-20)35-25(16-18-3-13-23(31)14-4-18)28(34)33(26)24-2-1-15-32-17-24/h1-15,17,25-27H,16H2/t25-,26+,27-/m1/s1. The number of anilines is 1. The van der Waals surface area contributed by atoms with Gasteiger partial charge in [-0.15, -0.1) is 0 Å². The molecule has 0 radical (unpaired) electrons. The summed E-state index contributed by atoms with van der Waals surface area (Å²) < 4.78 is 20.0. The first-order valence-corrected chi connectivity index (χ1v) is 11.9. The van der Waals surface area contributed by atoms with E-state index in [-0.39, 0.29) is 11.7 Å². The molecule has 35 heavy (non-hydrogen) atoms. The average Bonchev–Trinajstić information content (AvgIpc) is 2.88. The molecule has 176 valence electrons. The van der Waals surface area contributed by atoms with Crippen LogP contribution in [0.2, 0.25) is 10.0 Å². The van der Waals surface area contributed by atoms with Gasteiger partial charge in [-0.1, -0.05) is 59.6 Å². The van der Waals surface area contributed by atoms with Crippen LogP contribution in [0.1, 0.15) is 28.8 Å². The number of hydrogen-bond donors (Lipinski definition) is 0. The van der Waals surface area contributed by atoms with E-state index < -0.39 is 18.2 Å². The fourth-order valence-corrected chi connectivity index (χ4v) is 4.64. The number of hydrogen-bond acceptors (Lipinski definition) is 3. The Morgan fingerprint density at radius 2 is 1.49 bits per heavy atom. The van der Waals surface area contributed by atoms with Gasteiger partial charge in [0.2, 0.25) is 0 Å². The highest BCUT2D eigenvalue weighted by Crippen LogP contribution is 2.44. The molecule has 3 atom stereocenters. The summed E-state index contributed by atoms with van der Waals surface area (Å²) in [6, 6.07) is 24.1. The maximum atomic E-state index is 13.9. The van der Waals surface area contributed by atoms with Crippen molar-refractivity contribution >= 4 is 34.8 Å². The second kappa shape index (κ2) is 10.2. The Kier molecular flexibility index (Phi) is 6.82. The molecule has 1 aromatic heterocycles. The Bertz CT molecular complexity index is 1300. The third kappa shape index (κ3) is 5.08. The topological polar surface area (TPSA) is 42.4 Å². The van der Waals surface area contributed by atoms with Crippen molar-refractivity contribution in [3.05, 3.63) is 130 Å². The molecule has 0 N–H and O–H groups in total. The molecule has 3 aromatic carbocycles. The van der Waals surface area contributed by atoms with E-state index in [9.17, 15) is 9.18 Å². The molecule has 0 spiro atoms. The lowest BCUT2D eigenvalue weighted by molar-refractivity contribution is -0.145. The van der Waals surface area contributed by atoms with Crippen LogP contribution in [0, 0.1) is 5.82 Å². The van der Waals surface area contributed by atoms with Crippen LogP contribution in [0.5, 0.6) is 0 Å². The van der Waals surface area contributed by atoms with Crippen LogP contribution in [0.25, 0.3) is 0 Å². The molecule has 1 saturated heterocycles. The van der Waals surface area contributed by atoms with Crippen molar-refractivity contribution in [2.75, 3.05) is 4.90 Å². The van der Waals surface area contributed by atoms with E-state index in [2.05, 4.69) is 4.98 Å². The first-order valence-electron chi connectivity index (χ1n) is 11.1. The summed E-state index contributed by atoms with van der Waals surface area (Å²) in [5.41, 5.74) is 3.20. The van der Waals surface area contributed by atoms with Crippen LogP contribution in [0.15, 0.2) is 97.3 Å². The Hall–Kier alpha value is -3.25. The van der Waals surface area contributed by atoms with E-state index in [0.717, 1.165) is 16.7 Å². The summed E-state index contributed by atoms with van der Waals surface area (Å²) in [5.74, 6) is -0.532. The highest BCUT2D eigenvalue weighted by atomic mass is 35.5. The number of amides is 1. The van der Waals surface area contributed by atoms with Gasteiger partial charge in [-0.3, -0.25) is 14.7 Å². The molecule has 4 aromatic rings. The van der Waals surface area contributed by atoms with Gasteiger partial charge in [-0.25, -0.2) is 4.39 Å². The van der Waals surface area contributed by atoms with Crippen molar-refractivity contribution in [2.45, 2.75) is 24.7 Å². The zero-order valence-electron chi connectivity index (χ0n) is 18.5. The minimum Gasteiger partial charge on any atom is -0.358 e. The molecular weight excluding hydrogens is 486 g/mol. The van der Waals surface area contributed by atoms with Crippen molar-refractivity contribution in [3.63, 3.8) is 0 Å². The van der Waals surface area contributed by atoms with Gasteiger partial charge in [0.25, 0.3) is 5.91 Å². The van der Waals surface area contributed by atoms with Crippen LogP contribution in [-0.4, -0.2) is 17.0 Å². The maximum Gasteiger partial charge on any atom is 0.257 e. The lowest BCUT2D eigenvalue weighted by Gasteiger charge is -2.44. The van der Waals surface area contributed by atoms with Gasteiger partial charge in [0, 0.05) is 22.7 Å². The number of carbonyl (C=O) groups is 1. The molecule has 4 nitrogen and oxygen atoms in total. The van der Waals surface area contributed by atoms with Crippen LogP contribution < -0.4 is 4.90 Å². The molecule has 0 unspecified atom stereocenters. The third-order valence-electron chi connectivity index (χ3n) is 6.06. The zero-order chi connectivity index (χ0) is 24.4. The number of pyridine rings is 1. The SMILES string of the molecule is O=C1[C@@H](Cc2ccc(F)cc2)O[C@H](c2ccc(Cl)cc2)[C@H](c2ccc(Cl)cc2)N1c1cccnc1. The molecule has 1 aliphatic rings. The molecule has 1 aliphatic heterocycles. The minimum absolute atomic E-state index is 0.201. The summed E-state index contributed by atoms with van der Waals surface area (Å²) in [4.78, 5) is 19.9. The second-order valence-electron chi connectivity index (χ2n) is 8.34. The Morgan fingerprint density at radius 3 is 2.09 bits per heavy atom. The summed E-state index contributed by atoms with van der Waals surface area (Å²) >= 11 is 12.3. The molecule has 2 heterocycles. The second-order valence-corrected chi connectivity index (χ2v) is 9.22. The van der Waals surface area contributed by atoms with E-state index in [0.29, 0.717) is 22.2 Å². The quantitative estimate of drug-likeness (QED) is 0.293. The molecule has 0 bridgehead atoms. The van der Waals surface area contributed by atoms with Crippen molar-refractivity contribution in [1.82, 2.24) is 4.98 Å². The number of rotatable bonds is 5. The smallest absolute Gasteiger partial charge is 0.257 e. The van der Waals surface area contributed by atoms with Gasteiger partial charge in [0.15, 0.2) is 0 Å². The summed E-state index contributed by atoms with van der Waals surface area (Å²) in [6.07, 6.45) is 2.34. The van der Waals surface area contributed by atoms with Gasteiger partial charge >= 0.3 is 0 Å². The molecule has 0 saturated carbocycles. The Labute approximate surface area is 212 Å². The van der Waals surface area contributed by atoms with E-state index >= 15 is 0 Å². The Morgan fingerprint density at radius 1 is 0.857 bits per heavy atom. The fourth-order valence-electron chi connectivity index (χ4n) is 4.39. The van der Waals surface area contributed by atoms with Crippen LogP contribution in [-0.2, 0) is 16.0 Å². The number of benzene rings is 3. The van der Waals surface area contributed by atoms with E-state index in [1.54, 1.807) is 59.8 Å². The molecule has 0 aliphatic carbocycles. The predicted molar refractivity (Wildman–Crippen MR) is 135 cm³/mol. The predicted octanol–water partition coefficient (Wildman–Crippen LogP) is 6.98. The number of carbonyl (C=O) groups excluding carboxylic acids is 1. The number of halogens is 3. The van der Waals surface area contributed by atoms with Crippen LogP contribution >= 0.6 is 23.2 Å². The summed E-state index contributed by atoms with van der Waals surface area (Å²) in [7, 11) is 0. The first-order chi connectivity index (χ1) is 17.0. The van der Waals surface area contributed by atoms with Crippen molar-refractivity contribution in [2.24, 2.45) is 0 Å². The van der Waals surface area contributed by atoms with Gasteiger partial charge in [-0.2, -0.15) is 0 Å². The Balaban J connectivity index is 1.63. The van der Waals surface area contributed by atoms with Gasteiger partial charge in [-0.05, 0) is 65.2 Å². The highest BCUT2D eigenvalue weighted by molar-refractivity contribution is 6.30. The zero-order valence-corrected chi connectivity index (χ0v) is 20.0. The van der Waals surface area contributed by atoms with Gasteiger partial charge in [0.05, 0.1) is 17.9 Å². The summed E-state index contributed by atoms with van der Waals surface area (Å²) in [5, 5.41) is 1.21. The lowest BCUT2D eigenvalue weighted by atomic mass is 9.90. The van der Waals surface area contributed by atoms with Crippen LogP contribution in [0.3, 0.4) is 0 Å². The monoisotopic (exact) mass is 506 g/mol. The molecule has 7 heteroatoms. The highest BCUT2D eigenvalue weighted by Gasteiger charge is 2.44. The van der Waals surface area contributed by atoms with Crippen LogP contribution in [0.4, 0.5) is 10.1 Å². The number of morpholine rings is 1. The maximum absolute atomic E-state index is 13.9. The first kappa shape index (κ1) is 23.5. The molecule has 5 rings (SSSR count). The number of ether oxygens (including phenoxy) is 1. The third-order valence-corrected chi connectivity index (χ3v) is 6.56. The van der Waals surface area contributed by atoms with Crippen molar-refractivity contribution < 1.29 is 13.9 Å². The number of nitrogens with zero attached hydrogens (tertiary/aromatic N) is 2. The fraction of sp³-hybridized carbons (Fsp3) is 0.143. The number of aromatic nitrogens is 1. The summed E-state index contributed by atoms with van der Waals surface area (Å²) in [6.45, 7) is 0. The average molecular weight is 507 g/mol.